The highest BCUT2D eigenvalue weighted by atomic mass is 16.2. The summed E-state index contributed by atoms with van der Waals surface area (Å²) >= 11 is 0. The van der Waals surface area contributed by atoms with E-state index in [-0.39, 0.29) is 18.0 Å². The molecule has 1 heterocycles. The maximum atomic E-state index is 12.4. The molecule has 2 aromatic carbocycles. The minimum absolute atomic E-state index is 0.124. The SMILES string of the molecule is CCCCCc1ccc(/C(C)=N/NC(=O)C2CC(c3ccccc3)NN2)cc1. The van der Waals surface area contributed by atoms with E-state index >= 15 is 0 Å². The van der Waals surface area contributed by atoms with Crippen molar-refractivity contribution in [1.29, 1.82) is 0 Å². The number of unbranched alkanes of at least 4 members (excludes halogenated alkanes) is 2. The number of carbonyl (C=O) groups excluding carboxylic acids is 1. The monoisotopic (exact) mass is 378 g/mol. The third-order valence-electron chi connectivity index (χ3n) is 5.20. The van der Waals surface area contributed by atoms with Crippen molar-refractivity contribution in [1.82, 2.24) is 16.3 Å². The van der Waals surface area contributed by atoms with Gasteiger partial charge in [-0.3, -0.25) is 4.79 Å². The standard InChI is InChI=1S/C23H30N4O/c1-3-4-6-9-18-12-14-19(15-13-18)17(2)24-27-23(28)22-16-21(25-26-22)20-10-7-5-8-11-20/h5,7-8,10-15,21-22,25-26H,3-4,6,9,16H2,1-2H3,(H,27,28)/b24-17+. The maximum Gasteiger partial charge on any atom is 0.258 e. The second-order valence-corrected chi connectivity index (χ2v) is 7.37. The average molecular weight is 379 g/mol. The van der Waals surface area contributed by atoms with Gasteiger partial charge in [-0.25, -0.2) is 16.3 Å². The van der Waals surface area contributed by atoms with E-state index in [4.69, 9.17) is 0 Å². The van der Waals surface area contributed by atoms with Gasteiger partial charge in [0.25, 0.3) is 5.91 Å². The molecule has 2 aromatic rings. The molecule has 0 radical (unpaired) electrons. The number of hydrogen-bond acceptors (Lipinski definition) is 4. The number of nitrogens with zero attached hydrogens (tertiary/aromatic N) is 1. The maximum absolute atomic E-state index is 12.4. The summed E-state index contributed by atoms with van der Waals surface area (Å²) in [6, 6.07) is 18.4. The molecule has 148 valence electrons. The number of rotatable bonds is 8. The molecular weight excluding hydrogens is 348 g/mol. The van der Waals surface area contributed by atoms with Crippen LogP contribution in [0.5, 0.6) is 0 Å². The van der Waals surface area contributed by atoms with Crippen LogP contribution in [0.4, 0.5) is 0 Å². The highest BCUT2D eigenvalue weighted by molar-refractivity contribution is 5.99. The zero-order valence-corrected chi connectivity index (χ0v) is 16.7. The normalized spacial score (nSPS) is 19.6. The largest absolute Gasteiger partial charge is 0.271 e. The molecule has 28 heavy (non-hydrogen) atoms. The molecule has 2 atom stereocenters. The first-order valence-electron chi connectivity index (χ1n) is 10.2. The van der Waals surface area contributed by atoms with E-state index in [0.717, 1.165) is 17.7 Å². The first-order chi connectivity index (χ1) is 13.7. The van der Waals surface area contributed by atoms with Crippen molar-refractivity contribution in [2.75, 3.05) is 0 Å². The zero-order valence-electron chi connectivity index (χ0n) is 16.7. The van der Waals surface area contributed by atoms with Crippen molar-refractivity contribution in [2.24, 2.45) is 5.10 Å². The van der Waals surface area contributed by atoms with Gasteiger partial charge in [-0.05, 0) is 42.9 Å². The number of aryl methyl sites for hydroxylation is 1. The molecule has 3 rings (SSSR count). The lowest BCUT2D eigenvalue weighted by Gasteiger charge is -2.09. The average Bonchev–Trinajstić information content (AvgIpc) is 3.23. The molecule has 0 aromatic heterocycles. The fourth-order valence-corrected chi connectivity index (χ4v) is 3.41. The Labute approximate surface area is 167 Å². The van der Waals surface area contributed by atoms with Gasteiger partial charge in [0, 0.05) is 6.04 Å². The third kappa shape index (κ3) is 5.50. The summed E-state index contributed by atoms with van der Waals surface area (Å²) in [7, 11) is 0. The Hall–Kier alpha value is -2.50. The molecule has 1 fully saturated rings. The Kier molecular flexibility index (Phi) is 7.34. The van der Waals surface area contributed by atoms with Gasteiger partial charge < -0.3 is 0 Å². The van der Waals surface area contributed by atoms with Gasteiger partial charge in [-0.1, -0.05) is 74.4 Å². The van der Waals surface area contributed by atoms with Crippen LogP contribution in [-0.4, -0.2) is 17.7 Å². The van der Waals surface area contributed by atoms with Crippen LogP contribution in [-0.2, 0) is 11.2 Å². The van der Waals surface area contributed by atoms with E-state index < -0.39 is 0 Å². The van der Waals surface area contributed by atoms with Crippen LogP contribution in [0.2, 0.25) is 0 Å². The molecule has 1 saturated heterocycles. The molecule has 1 amide bonds. The Bertz CT molecular complexity index is 786. The first-order valence-corrected chi connectivity index (χ1v) is 10.2. The molecule has 5 heteroatoms. The summed E-state index contributed by atoms with van der Waals surface area (Å²) in [5.74, 6) is -0.124. The third-order valence-corrected chi connectivity index (χ3v) is 5.20. The lowest BCUT2D eigenvalue weighted by Crippen LogP contribution is -2.41. The highest BCUT2D eigenvalue weighted by Gasteiger charge is 2.29. The molecule has 0 saturated carbocycles. The molecular formula is C23H30N4O. The number of hydrazone groups is 1. The van der Waals surface area contributed by atoms with Crippen LogP contribution in [0, 0.1) is 0 Å². The van der Waals surface area contributed by atoms with E-state index in [2.05, 4.69) is 64.7 Å². The van der Waals surface area contributed by atoms with Crippen LogP contribution in [0.25, 0.3) is 0 Å². The van der Waals surface area contributed by atoms with Gasteiger partial charge >= 0.3 is 0 Å². The Morgan fingerprint density at radius 3 is 2.54 bits per heavy atom. The van der Waals surface area contributed by atoms with Crippen LogP contribution in [0.15, 0.2) is 59.7 Å². The number of hydrazine groups is 1. The Morgan fingerprint density at radius 2 is 1.82 bits per heavy atom. The van der Waals surface area contributed by atoms with Crippen molar-refractivity contribution in [3.63, 3.8) is 0 Å². The number of hydrogen-bond donors (Lipinski definition) is 3. The predicted octanol–water partition coefficient (Wildman–Crippen LogP) is 3.87. The smallest absolute Gasteiger partial charge is 0.258 e. The van der Waals surface area contributed by atoms with Gasteiger partial charge in [0.15, 0.2) is 0 Å². The first kappa shape index (κ1) is 20.2. The Morgan fingerprint density at radius 1 is 1.07 bits per heavy atom. The predicted molar refractivity (Wildman–Crippen MR) is 114 cm³/mol. The van der Waals surface area contributed by atoms with Crippen LogP contribution < -0.4 is 16.3 Å². The summed E-state index contributed by atoms with van der Waals surface area (Å²) in [4.78, 5) is 12.4. The summed E-state index contributed by atoms with van der Waals surface area (Å²) in [6.45, 7) is 4.13. The minimum Gasteiger partial charge on any atom is -0.271 e. The van der Waals surface area contributed by atoms with Crippen LogP contribution in [0.1, 0.15) is 62.3 Å². The summed E-state index contributed by atoms with van der Waals surface area (Å²) in [5.41, 5.74) is 13.3. The molecule has 5 nitrogen and oxygen atoms in total. The molecule has 0 bridgehead atoms. The molecule has 0 spiro atoms. The summed E-state index contributed by atoms with van der Waals surface area (Å²) < 4.78 is 0. The second kappa shape index (κ2) is 10.2. The van der Waals surface area contributed by atoms with E-state index in [0.29, 0.717) is 6.42 Å². The second-order valence-electron chi connectivity index (χ2n) is 7.37. The topological polar surface area (TPSA) is 65.5 Å². The number of nitrogens with one attached hydrogen (secondary N) is 3. The Balaban J connectivity index is 1.51. The van der Waals surface area contributed by atoms with Gasteiger partial charge in [0.1, 0.15) is 6.04 Å². The minimum atomic E-state index is -0.303. The highest BCUT2D eigenvalue weighted by Crippen LogP contribution is 2.21. The van der Waals surface area contributed by atoms with Crippen LogP contribution >= 0.6 is 0 Å². The lowest BCUT2D eigenvalue weighted by molar-refractivity contribution is -0.122. The van der Waals surface area contributed by atoms with E-state index in [9.17, 15) is 4.79 Å². The van der Waals surface area contributed by atoms with Gasteiger partial charge in [0.05, 0.1) is 5.71 Å². The van der Waals surface area contributed by atoms with Crippen molar-refractivity contribution in [3.8, 4) is 0 Å². The molecule has 1 aliphatic heterocycles. The number of benzene rings is 2. The zero-order chi connectivity index (χ0) is 19.8. The molecule has 0 aliphatic carbocycles. The summed E-state index contributed by atoms with van der Waals surface area (Å²) in [6.07, 6.45) is 5.54. The van der Waals surface area contributed by atoms with Crippen LogP contribution in [0.3, 0.4) is 0 Å². The van der Waals surface area contributed by atoms with E-state index in [1.54, 1.807) is 0 Å². The van der Waals surface area contributed by atoms with E-state index in [1.165, 1.54) is 30.4 Å². The number of amides is 1. The molecule has 3 N–H and O–H groups in total. The van der Waals surface area contributed by atoms with Crippen molar-refractivity contribution >= 4 is 11.6 Å². The number of carbonyl (C=O) groups is 1. The molecule has 2 unspecified atom stereocenters. The summed E-state index contributed by atoms with van der Waals surface area (Å²) in [5, 5.41) is 4.29. The quantitative estimate of drug-likeness (QED) is 0.371. The van der Waals surface area contributed by atoms with Crippen molar-refractivity contribution in [3.05, 3.63) is 71.3 Å². The van der Waals surface area contributed by atoms with Crippen molar-refractivity contribution in [2.45, 2.75) is 58.0 Å². The van der Waals surface area contributed by atoms with E-state index in [1.807, 2.05) is 25.1 Å². The fraction of sp³-hybridized carbons (Fsp3) is 0.391. The fourth-order valence-electron chi connectivity index (χ4n) is 3.41. The van der Waals surface area contributed by atoms with Gasteiger partial charge in [-0.15, -0.1) is 0 Å². The lowest BCUT2D eigenvalue weighted by atomic mass is 10.0. The van der Waals surface area contributed by atoms with Gasteiger partial charge in [0.2, 0.25) is 0 Å². The van der Waals surface area contributed by atoms with Gasteiger partial charge in [-0.2, -0.15) is 5.10 Å². The van der Waals surface area contributed by atoms with Crippen molar-refractivity contribution < 1.29 is 4.79 Å². The molecule has 1 aliphatic rings.